The van der Waals surface area contributed by atoms with Crippen LogP contribution in [0.25, 0.3) is 0 Å². The standard InChI is InChI=1S/C38H52O25/c1-14(39)48-11-24-27(51-16(3)41)30(54-19(6)44)33(56-21(8)46)36(60-24)50-13-26-29(53-18(5)43)32(35-37(61-26)59-23(10)58-35)63-38-34(57-22(9)47)31(55-20(7)45)28(52-17(4)42)25(62-38)12-49-15(2)40/h23-38H,11-13H2,1-10H3/t23?,24-,25-,26-,27-,28-,29-,30+,31+,32+,33+,34+,35+,36+,37-,38-/m1/s1. The van der Waals surface area contributed by atoms with Gasteiger partial charge < -0.3 is 75.8 Å². The fourth-order valence-electron chi connectivity index (χ4n) is 7.16. The second-order valence-corrected chi connectivity index (χ2v) is 14.5. The van der Waals surface area contributed by atoms with Crippen molar-refractivity contribution in [3.8, 4) is 0 Å². The molecular formula is C38H52O25. The smallest absolute Gasteiger partial charge is 0.303 e. The van der Waals surface area contributed by atoms with Crippen LogP contribution in [0.4, 0.5) is 0 Å². The summed E-state index contributed by atoms with van der Waals surface area (Å²) < 4.78 is 91.6. The van der Waals surface area contributed by atoms with Gasteiger partial charge in [-0.3, -0.25) is 43.2 Å². The zero-order valence-electron chi connectivity index (χ0n) is 36.1. The summed E-state index contributed by atoms with van der Waals surface area (Å²) in [5, 5.41) is 0. The molecule has 0 aromatic carbocycles. The molecule has 0 amide bonds. The number of fused-ring (bicyclic) bond motifs is 1. The van der Waals surface area contributed by atoms with Crippen LogP contribution in [-0.2, 0) is 119 Å². The van der Waals surface area contributed by atoms with Crippen LogP contribution in [-0.4, -0.2) is 172 Å². The van der Waals surface area contributed by atoms with Gasteiger partial charge >= 0.3 is 53.7 Å². The summed E-state index contributed by atoms with van der Waals surface area (Å²) >= 11 is 0. The molecule has 0 radical (unpaired) electrons. The number of ether oxygens (including phenoxy) is 16. The van der Waals surface area contributed by atoms with E-state index in [0.29, 0.717) is 0 Å². The first kappa shape index (κ1) is 50.6. The molecule has 4 fully saturated rings. The van der Waals surface area contributed by atoms with Gasteiger partial charge in [-0.1, -0.05) is 0 Å². The highest BCUT2D eigenvalue weighted by Gasteiger charge is 2.60. The number of rotatable bonds is 16. The van der Waals surface area contributed by atoms with E-state index >= 15 is 0 Å². The molecule has 0 bridgehead atoms. The van der Waals surface area contributed by atoms with Crippen molar-refractivity contribution in [2.24, 2.45) is 0 Å². The maximum atomic E-state index is 12.8. The van der Waals surface area contributed by atoms with Crippen molar-refractivity contribution in [3.63, 3.8) is 0 Å². The van der Waals surface area contributed by atoms with Crippen LogP contribution < -0.4 is 0 Å². The molecule has 4 heterocycles. The normalized spacial score (nSPS) is 34.8. The molecular weight excluding hydrogens is 856 g/mol. The average molecular weight is 909 g/mol. The van der Waals surface area contributed by atoms with E-state index < -0.39 is 172 Å². The molecule has 4 aliphatic rings. The van der Waals surface area contributed by atoms with Crippen LogP contribution in [0.5, 0.6) is 0 Å². The van der Waals surface area contributed by atoms with E-state index in [1.54, 1.807) is 0 Å². The molecule has 4 aliphatic heterocycles. The van der Waals surface area contributed by atoms with Crippen molar-refractivity contribution < 1.29 is 119 Å². The molecule has 63 heavy (non-hydrogen) atoms. The Labute approximate surface area is 359 Å². The van der Waals surface area contributed by atoms with Crippen LogP contribution in [0.2, 0.25) is 0 Å². The Morgan fingerprint density at radius 1 is 0.365 bits per heavy atom. The lowest BCUT2D eigenvalue weighted by atomic mass is 9.96. The maximum absolute atomic E-state index is 12.8. The summed E-state index contributed by atoms with van der Waals surface area (Å²) in [4.78, 5) is 111. The molecule has 0 aromatic rings. The van der Waals surface area contributed by atoms with Crippen LogP contribution >= 0.6 is 0 Å². The molecule has 25 nitrogen and oxygen atoms in total. The van der Waals surface area contributed by atoms with Gasteiger partial charge in [-0.05, 0) is 6.92 Å². The van der Waals surface area contributed by atoms with Gasteiger partial charge in [0.15, 0.2) is 67.9 Å². The summed E-state index contributed by atoms with van der Waals surface area (Å²) in [5.41, 5.74) is 0. The molecule has 0 saturated carbocycles. The Morgan fingerprint density at radius 2 is 0.714 bits per heavy atom. The van der Waals surface area contributed by atoms with Gasteiger partial charge in [0.05, 0.1) is 6.61 Å². The Morgan fingerprint density at radius 3 is 1.13 bits per heavy atom. The van der Waals surface area contributed by atoms with Crippen LogP contribution in [0.1, 0.15) is 69.2 Å². The van der Waals surface area contributed by atoms with Gasteiger partial charge in [0.2, 0.25) is 0 Å². The summed E-state index contributed by atoms with van der Waals surface area (Å²) in [5.74, 6) is -7.79. The quantitative estimate of drug-likeness (QED) is 0.132. The lowest BCUT2D eigenvalue weighted by molar-refractivity contribution is -0.352. The second kappa shape index (κ2) is 22.5. The highest BCUT2D eigenvalue weighted by atomic mass is 16.8. The third kappa shape index (κ3) is 14.2. The maximum Gasteiger partial charge on any atom is 0.303 e. The predicted octanol–water partition coefficient (Wildman–Crippen LogP) is -1.03. The monoisotopic (exact) mass is 908 g/mol. The van der Waals surface area contributed by atoms with E-state index in [0.717, 1.165) is 62.3 Å². The summed E-state index contributed by atoms with van der Waals surface area (Å²) in [7, 11) is 0. The highest BCUT2D eigenvalue weighted by molar-refractivity contribution is 5.70. The van der Waals surface area contributed by atoms with E-state index in [1.807, 2.05) is 0 Å². The van der Waals surface area contributed by atoms with Crippen LogP contribution in [0.15, 0.2) is 0 Å². The Kier molecular flexibility index (Phi) is 18.1. The van der Waals surface area contributed by atoms with E-state index in [9.17, 15) is 43.2 Å². The topological polar surface area (TPSA) is 301 Å². The van der Waals surface area contributed by atoms with E-state index in [4.69, 9.17) is 75.8 Å². The summed E-state index contributed by atoms with van der Waals surface area (Å²) in [6.45, 7) is 9.18. The molecule has 354 valence electrons. The van der Waals surface area contributed by atoms with E-state index in [1.165, 1.54) is 6.92 Å². The lowest BCUT2D eigenvalue weighted by Gasteiger charge is -2.48. The summed E-state index contributed by atoms with van der Waals surface area (Å²) in [6, 6.07) is 0. The third-order valence-corrected chi connectivity index (χ3v) is 9.18. The van der Waals surface area contributed by atoms with E-state index in [2.05, 4.69) is 0 Å². The van der Waals surface area contributed by atoms with Gasteiger partial charge in [0, 0.05) is 62.3 Å². The number of esters is 9. The van der Waals surface area contributed by atoms with Crippen LogP contribution in [0, 0.1) is 0 Å². The molecule has 25 heteroatoms. The average Bonchev–Trinajstić information content (AvgIpc) is 3.52. The predicted molar refractivity (Wildman–Crippen MR) is 194 cm³/mol. The second-order valence-electron chi connectivity index (χ2n) is 14.5. The minimum absolute atomic E-state index is 0.563. The number of hydrogen-bond acceptors (Lipinski definition) is 25. The Hall–Kier alpha value is -5.05. The zero-order chi connectivity index (χ0) is 46.9. The van der Waals surface area contributed by atoms with Gasteiger partial charge in [-0.15, -0.1) is 0 Å². The van der Waals surface area contributed by atoms with Gasteiger partial charge in [0.1, 0.15) is 43.7 Å². The molecule has 0 spiro atoms. The molecule has 1 unspecified atom stereocenters. The molecule has 4 rings (SSSR count). The van der Waals surface area contributed by atoms with Crippen molar-refractivity contribution in [2.45, 2.75) is 168 Å². The largest absolute Gasteiger partial charge is 0.463 e. The molecule has 16 atom stereocenters. The van der Waals surface area contributed by atoms with Gasteiger partial charge in [0.25, 0.3) is 0 Å². The third-order valence-electron chi connectivity index (χ3n) is 9.18. The van der Waals surface area contributed by atoms with Crippen molar-refractivity contribution in [3.05, 3.63) is 0 Å². The molecule has 4 saturated heterocycles. The first-order chi connectivity index (χ1) is 29.5. The van der Waals surface area contributed by atoms with Gasteiger partial charge in [-0.2, -0.15) is 0 Å². The Bertz CT molecular complexity index is 1700. The first-order valence-corrected chi connectivity index (χ1v) is 19.6. The fraction of sp³-hybridized carbons (Fsp3) is 0.763. The fourth-order valence-corrected chi connectivity index (χ4v) is 7.16. The highest BCUT2D eigenvalue weighted by Crippen LogP contribution is 2.39. The van der Waals surface area contributed by atoms with Crippen molar-refractivity contribution >= 4 is 53.7 Å². The molecule has 0 aromatic heterocycles. The van der Waals surface area contributed by atoms with Crippen molar-refractivity contribution in [1.29, 1.82) is 0 Å². The SMILES string of the molecule is CC(=O)OC[C@H]1O[C@H](OC[C@H]2O[C@H]3OC(C)O[C@H]3[C@@H](O[C@H]3O[C@H](COC(C)=O)[C@@H](OC(C)=O)[C@H](OC(C)=O)[C@@H]3OC(C)=O)[C@@H]2OC(C)=O)[C@@H](OC(C)=O)[C@@H](OC(C)=O)[C@@H]1OC(C)=O. The summed E-state index contributed by atoms with van der Waals surface area (Å²) in [6.07, 6.45) is -24.0. The number of carbonyl (C=O) groups is 9. The lowest BCUT2D eigenvalue weighted by Crippen LogP contribution is -2.66. The van der Waals surface area contributed by atoms with E-state index in [-0.39, 0.29) is 0 Å². The number of hydrogen-bond donors (Lipinski definition) is 0. The zero-order valence-corrected chi connectivity index (χ0v) is 36.1. The molecule has 0 aliphatic carbocycles. The number of carbonyl (C=O) groups excluding carboxylic acids is 9. The van der Waals surface area contributed by atoms with Crippen molar-refractivity contribution in [2.75, 3.05) is 19.8 Å². The van der Waals surface area contributed by atoms with Crippen molar-refractivity contribution in [1.82, 2.24) is 0 Å². The van der Waals surface area contributed by atoms with Crippen LogP contribution in [0.3, 0.4) is 0 Å². The minimum Gasteiger partial charge on any atom is -0.463 e. The minimum atomic E-state index is -1.80. The van der Waals surface area contributed by atoms with Gasteiger partial charge in [-0.25, -0.2) is 0 Å². The molecule has 0 N–H and O–H groups in total. The Balaban J connectivity index is 1.76. The first-order valence-electron chi connectivity index (χ1n) is 19.6.